The number of carboxylic acid groups (broad SMARTS) is 1. The van der Waals surface area contributed by atoms with Crippen molar-refractivity contribution in [2.24, 2.45) is 0 Å². The minimum absolute atomic E-state index is 0.0419. The van der Waals surface area contributed by atoms with Gasteiger partial charge in [0, 0.05) is 25.5 Å². The number of aliphatic carboxylic acids is 1. The van der Waals surface area contributed by atoms with E-state index in [0.717, 1.165) is 6.07 Å². The number of esters is 1. The molecule has 40 heavy (non-hydrogen) atoms. The molecule has 1 aromatic rings. The maximum atomic E-state index is 11.4. The van der Waals surface area contributed by atoms with E-state index in [1.54, 1.807) is 0 Å². The minimum atomic E-state index is -0.880. The van der Waals surface area contributed by atoms with E-state index in [2.05, 4.69) is 5.32 Å². The van der Waals surface area contributed by atoms with Crippen molar-refractivity contribution >= 4 is 29.0 Å². The number of carbonyl (C=O) groups is 2. The maximum Gasteiger partial charge on any atom is 0.305 e. The van der Waals surface area contributed by atoms with Crippen molar-refractivity contribution in [3.05, 3.63) is 38.4 Å². The smallest absolute Gasteiger partial charge is 0.305 e. The van der Waals surface area contributed by atoms with Crippen molar-refractivity contribution in [2.75, 3.05) is 84.5 Å². The van der Waals surface area contributed by atoms with Crippen molar-refractivity contribution < 1.29 is 53.0 Å². The molecule has 0 aromatic heterocycles. The van der Waals surface area contributed by atoms with Crippen molar-refractivity contribution in [1.82, 2.24) is 0 Å². The normalized spacial score (nSPS) is 10.8. The van der Waals surface area contributed by atoms with E-state index in [1.165, 1.54) is 12.1 Å². The van der Waals surface area contributed by atoms with Gasteiger partial charge in [0.25, 0.3) is 11.4 Å². The predicted octanol–water partition coefficient (Wildman–Crippen LogP) is 2.19. The highest BCUT2D eigenvalue weighted by molar-refractivity contribution is 5.69. The number of benzene rings is 1. The third-order valence-corrected chi connectivity index (χ3v) is 4.95. The standard InChI is InChI=1S/C24H37N3O13/c28-23(29)3-1-2-4-24(30)40-18-17-39-16-15-38-14-13-37-12-11-36-10-9-35-8-7-25-21-6-5-20(26(31)32)19-22(21)27(33)34/h5-6,19,25H,1-4,7-18H2,(H,28,29). The fourth-order valence-corrected chi connectivity index (χ4v) is 3.01. The fourth-order valence-electron chi connectivity index (χ4n) is 3.01. The number of nitrogens with zero attached hydrogens (tertiary/aromatic N) is 2. The molecule has 0 saturated carbocycles. The largest absolute Gasteiger partial charge is 0.481 e. The molecule has 0 amide bonds. The predicted molar refractivity (Wildman–Crippen MR) is 139 cm³/mol. The third-order valence-electron chi connectivity index (χ3n) is 4.95. The van der Waals surface area contributed by atoms with Gasteiger partial charge in [-0.25, -0.2) is 0 Å². The molecule has 0 bridgehead atoms. The van der Waals surface area contributed by atoms with Crippen molar-refractivity contribution in [3.8, 4) is 0 Å². The number of nitro benzene ring substituents is 2. The number of carbonyl (C=O) groups excluding carboxylic acids is 1. The van der Waals surface area contributed by atoms with Crippen LogP contribution >= 0.6 is 0 Å². The highest BCUT2D eigenvalue weighted by atomic mass is 16.6. The molecule has 1 aromatic carbocycles. The van der Waals surface area contributed by atoms with Crippen LogP contribution in [0.3, 0.4) is 0 Å². The molecule has 0 heterocycles. The molecule has 16 heteroatoms. The first-order valence-corrected chi connectivity index (χ1v) is 12.7. The van der Waals surface area contributed by atoms with Gasteiger partial charge in [0.15, 0.2) is 0 Å². The highest BCUT2D eigenvalue weighted by Gasteiger charge is 2.19. The van der Waals surface area contributed by atoms with Crippen LogP contribution in [-0.2, 0) is 38.0 Å². The van der Waals surface area contributed by atoms with E-state index in [-0.39, 0.29) is 62.2 Å². The summed E-state index contributed by atoms with van der Waals surface area (Å²) in [6.07, 6.45) is 1.15. The van der Waals surface area contributed by atoms with Gasteiger partial charge in [-0.1, -0.05) is 0 Å². The molecule has 16 nitrogen and oxygen atoms in total. The Labute approximate surface area is 231 Å². The zero-order chi connectivity index (χ0) is 29.4. The molecule has 0 spiro atoms. The zero-order valence-electron chi connectivity index (χ0n) is 22.3. The molecule has 1 rings (SSSR count). The monoisotopic (exact) mass is 575 g/mol. The molecule has 0 unspecified atom stereocenters. The minimum Gasteiger partial charge on any atom is -0.481 e. The number of non-ortho nitro benzene ring substituents is 1. The van der Waals surface area contributed by atoms with Crippen LogP contribution in [0.1, 0.15) is 25.7 Å². The van der Waals surface area contributed by atoms with E-state index in [0.29, 0.717) is 65.7 Å². The van der Waals surface area contributed by atoms with Crippen LogP contribution in [0.2, 0.25) is 0 Å². The highest BCUT2D eigenvalue weighted by Crippen LogP contribution is 2.28. The molecule has 0 radical (unpaired) electrons. The number of carboxylic acids is 1. The number of rotatable bonds is 26. The Kier molecular flexibility index (Phi) is 19.4. The van der Waals surface area contributed by atoms with Crippen LogP contribution in [0.15, 0.2) is 18.2 Å². The van der Waals surface area contributed by atoms with Gasteiger partial charge in [0.2, 0.25) is 0 Å². The number of hydrogen-bond acceptors (Lipinski definition) is 13. The fraction of sp³-hybridized carbons (Fsp3) is 0.667. The Bertz CT molecular complexity index is 901. The average molecular weight is 576 g/mol. The van der Waals surface area contributed by atoms with Crippen molar-refractivity contribution in [1.29, 1.82) is 0 Å². The molecule has 0 fully saturated rings. The summed E-state index contributed by atoms with van der Waals surface area (Å²) in [6, 6.07) is 3.39. The van der Waals surface area contributed by atoms with Crippen LogP contribution < -0.4 is 5.32 Å². The van der Waals surface area contributed by atoms with Crippen LogP contribution in [0.25, 0.3) is 0 Å². The van der Waals surface area contributed by atoms with Crippen LogP contribution in [-0.4, -0.2) is 106 Å². The van der Waals surface area contributed by atoms with E-state index in [1.807, 2.05) is 0 Å². The topological polar surface area (TPSA) is 208 Å². The molecule has 0 atom stereocenters. The maximum absolute atomic E-state index is 11.4. The van der Waals surface area contributed by atoms with Gasteiger partial charge >= 0.3 is 11.9 Å². The van der Waals surface area contributed by atoms with E-state index in [4.69, 9.17) is 33.5 Å². The van der Waals surface area contributed by atoms with Crippen molar-refractivity contribution in [3.63, 3.8) is 0 Å². The number of anilines is 1. The zero-order valence-corrected chi connectivity index (χ0v) is 22.3. The van der Waals surface area contributed by atoms with Crippen LogP contribution in [0.5, 0.6) is 0 Å². The van der Waals surface area contributed by atoms with Crippen molar-refractivity contribution in [2.45, 2.75) is 25.7 Å². The summed E-state index contributed by atoms with van der Waals surface area (Å²) < 4.78 is 31.8. The van der Waals surface area contributed by atoms with Crippen LogP contribution in [0, 0.1) is 20.2 Å². The lowest BCUT2D eigenvalue weighted by atomic mass is 10.2. The number of hydrogen-bond donors (Lipinski definition) is 2. The molecule has 0 saturated heterocycles. The van der Waals surface area contributed by atoms with E-state index >= 15 is 0 Å². The quantitative estimate of drug-likeness (QED) is 0.0702. The number of nitro groups is 2. The number of nitrogens with one attached hydrogen (secondary N) is 1. The summed E-state index contributed by atoms with van der Waals surface area (Å²) in [6.45, 7) is 3.83. The summed E-state index contributed by atoms with van der Waals surface area (Å²) in [7, 11) is 0. The SMILES string of the molecule is O=C(O)CCCCC(=O)OCCOCCOCCOCCOCCOCCNc1ccc([N+](=O)[O-])cc1[N+](=O)[O-]. The van der Waals surface area contributed by atoms with Gasteiger partial charge in [-0.05, 0) is 18.9 Å². The lowest BCUT2D eigenvalue weighted by molar-refractivity contribution is -0.393. The lowest BCUT2D eigenvalue weighted by Crippen LogP contribution is -2.15. The molecule has 2 N–H and O–H groups in total. The van der Waals surface area contributed by atoms with E-state index < -0.39 is 15.8 Å². The third kappa shape index (κ3) is 18.0. The molecular formula is C24H37N3O13. The Morgan fingerprint density at radius 2 is 1.23 bits per heavy atom. The Morgan fingerprint density at radius 1 is 0.725 bits per heavy atom. The molecule has 0 aliphatic carbocycles. The first-order valence-electron chi connectivity index (χ1n) is 12.7. The molecule has 0 aliphatic rings. The lowest BCUT2D eigenvalue weighted by Gasteiger charge is -2.09. The summed E-state index contributed by atoms with van der Waals surface area (Å²) >= 11 is 0. The first kappa shape index (κ1) is 34.6. The van der Waals surface area contributed by atoms with E-state index in [9.17, 15) is 29.8 Å². The average Bonchev–Trinajstić information content (AvgIpc) is 2.92. The van der Waals surface area contributed by atoms with Gasteiger partial charge < -0.3 is 38.8 Å². The Hall–Kier alpha value is -3.44. The Morgan fingerprint density at radius 3 is 1.73 bits per heavy atom. The molecule has 226 valence electrons. The van der Waals surface area contributed by atoms with Gasteiger partial charge in [0.1, 0.15) is 12.3 Å². The number of ether oxygens (including phenoxy) is 6. The summed E-state index contributed by atoms with van der Waals surface area (Å²) in [4.78, 5) is 42.3. The van der Waals surface area contributed by atoms with Gasteiger partial charge in [-0.15, -0.1) is 0 Å². The second-order valence-electron chi connectivity index (χ2n) is 8.03. The van der Waals surface area contributed by atoms with Gasteiger partial charge in [-0.2, -0.15) is 0 Å². The second-order valence-corrected chi connectivity index (χ2v) is 8.03. The van der Waals surface area contributed by atoms with Crippen LogP contribution in [0.4, 0.5) is 17.1 Å². The summed E-state index contributed by atoms with van der Waals surface area (Å²) in [5.74, 6) is -1.25. The van der Waals surface area contributed by atoms with Gasteiger partial charge in [0.05, 0.1) is 82.0 Å². The Balaban J connectivity index is 1.85. The van der Waals surface area contributed by atoms with Gasteiger partial charge in [-0.3, -0.25) is 29.8 Å². The second kappa shape index (κ2) is 22.4. The molecule has 0 aliphatic heterocycles. The molecular weight excluding hydrogens is 538 g/mol. The summed E-state index contributed by atoms with van der Waals surface area (Å²) in [5, 5.41) is 33.2. The number of unbranched alkanes of at least 4 members (excludes halogenated alkanes) is 1. The first-order chi connectivity index (χ1) is 19.3. The summed E-state index contributed by atoms with van der Waals surface area (Å²) in [5.41, 5.74) is -0.562.